The second-order valence-electron chi connectivity index (χ2n) is 5.66. The molecular formula is C17H27N3O4. The number of nitrogens with zero attached hydrogens (tertiary/aromatic N) is 1. The second-order valence-corrected chi connectivity index (χ2v) is 5.66. The van der Waals surface area contributed by atoms with Gasteiger partial charge < -0.3 is 24.8 Å². The molecule has 1 aliphatic rings. The molecule has 0 spiro atoms. The molecule has 0 radical (unpaired) electrons. The monoisotopic (exact) mass is 337 g/mol. The lowest BCUT2D eigenvalue weighted by Crippen LogP contribution is -2.33. The summed E-state index contributed by atoms with van der Waals surface area (Å²) < 4.78 is 16.6. The van der Waals surface area contributed by atoms with Crippen molar-refractivity contribution in [3.05, 3.63) is 12.1 Å². The average Bonchev–Trinajstić information content (AvgIpc) is 2.62. The molecule has 24 heavy (non-hydrogen) atoms. The van der Waals surface area contributed by atoms with Crippen LogP contribution in [0.2, 0.25) is 0 Å². The molecule has 0 aromatic heterocycles. The van der Waals surface area contributed by atoms with E-state index in [0.29, 0.717) is 29.5 Å². The van der Waals surface area contributed by atoms with Crippen LogP contribution in [0, 0.1) is 0 Å². The zero-order valence-electron chi connectivity index (χ0n) is 14.7. The Labute approximate surface area is 143 Å². The Kier molecular flexibility index (Phi) is 6.99. The van der Waals surface area contributed by atoms with Crippen LogP contribution in [0.4, 0.5) is 10.5 Å². The number of carbonyl (C=O) groups excluding carboxylic acids is 1. The first-order valence-corrected chi connectivity index (χ1v) is 8.28. The van der Waals surface area contributed by atoms with Gasteiger partial charge in [-0.05, 0) is 25.9 Å². The quantitative estimate of drug-likeness (QED) is 0.799. The van der Waals surface area contributed by atoms with Crippen molar-refractivity contribution < 1.29 is 19.0 Å². The normalized spacial score (nSPS) is 14.8. The molecule has 1 aliphatic heterocycles. The summed E-state index contributed by atoms with van der Waals surface area (Å²) >= 11 is 0. The molecular weight excluding hydrogens is 310 g/mol. The molecule has 0 saturated carbocycles. The van der Waals surface area contributed by atoms with E-state index in [9.17, 15) is 4.79 Å². The van der Waals surface area contributed by atoms with Gasteiger partial charge in [0.15, 0.2) is 11.5 Å². The molecule has 0 unspecified atom stereocenters. The van der Waals surface area contributed by atoms with Gasteiger partial charge in [0, 0.05) is 25.7 Å². The first kappa shape index (κ1) is 18.2. The minimum absolute atomic E-state index is 0.333. The number of ether oxygens (including phenoxy) is 3. The van der Waals surface area contributed by atoms with Crippen LogP contribution in [-0.4, -0.2) is 58.4 Å². The minimum atomic E-state index is -0.333. The fraction of sp³-hybridized carbons (Fsp3) is 0.588. The van der Waals surface area contributed by atoms with Crippen LogP contribution in [0.25, 0.3) is 0 Å². The van der Waals surface area contributed by atoms with Crippen molar-refractivity contribution >= 4 is 11.7 Å². The first-order valence-electron chi connectivity index (χ1n) is 8.28. The van der Waals surface area contributed by atoms with Gasteiger partial charge in [-0.3, -0.25) is 4.90 Å². The molecule has 0 bridgehead atoms. The minimum Gasteiger partial charge on any atom is -0.497 e. The van der Waals surface area contributed by atoms with E-state index in [1.807, 2.05) is 0 Å². The average molecular weight is 337 g/mol. The number of piperidine rings is 1. The molecule has 0 aliphatic carbocycles. The van der Waals surface area contributed by atoms with Crippen molar-refractivity contribution in [3.8, 4) is 17.2 Å². The van der Waals surface area contributed by atoms with Crippen molar-refractivity contribution in [2.75, 3.05) is 52.8 Å². The van der Waals surface area contributed by atoms with Gasteiger partial charge in [-0.15, -0.1) is 0 Å². The SMILES string of the molecule is CNC(=O)Nc1cc(OC)cc(OCCN2CCCCC2)c1OC. The maximum Gasteiger partial charge on any atom is 0.319 e. The third kappa shape index (κ3) is 4.92. The van der Waals surface area contributed by atoms with Gasteiger partial charge in [-0.25, -0.2) is 4.79 Å². The molecule has 2 rings (SSSR count). The number of nitrogens with one attached hydrogen (secondary N) is 2. The zero-order valence-corrected chi connectivity index (χ0v) is 14.7. The molecule has 7 nitrogen and oxygen atoms in total. The number of hydrogen-bond donors (Lipinski definition) is 2. The number of urea groups is 1. The summed E-state index contributed by atoms with van der Waals surface area (Å²) in [5.41, 5.74) is 0.504. The molecule has 1 aromatic rings. The molecule has 2 amide bonds. The van der Waals surface area contributed by atoms with E-state index in [-0.39, 0.29) is 6.03 Å². The maximum atomic E-state index is 11.6. The summed E-state index contributed by atoms with van der Waals surface area (Å²) in [6.45, 7) is 3.69. The van der Waals surface area contributed by atoms with Crippen LogP contribution in [0.5, 0.6) is 17.2 Å². The third-order valence-electron chi connectivity index (χ3n) is 4.06. The van der Waals surface area contributed by atoms with Gasteiger partial charge in [-0.1, -0.05) is 6.42 Å². The molecule has 1 heterocycles. The van der Waals surface area contributed by atoms with E-state index in [1.165, 1.54) is 19.3 Å². The molecule has 0 atom stereocenters. The van der Waals surface area contributed by atoms with Gasteiger partial charge in [0.05, 0.1) is 19.9 Å². The number of hydrogen-bond acceptors (Lipinski definition) is 5. The van der Waals surface area contributed by atoms with Gasteiger partial charge in [0.2, 0.25) is 0 Å². The fourth-order valence-electron chi connectivity index (χ4n) is 2.76. The Hall–Kier alpha value is -2.15. The van der Waals surface area contributed by atoms with Crippen LogP contribution in [0.3, 0.4) is 0 Å². The Balaban J connectivity index is 2.08. The standard InChI is InChI=1S/C17H27N3O4/c1-18-17(21)19-14-11-13(22-2)12-15(16(14)23-3)24-10-9-20-7-5-4-6-8-20/h11-12H,4-10H2,1-3H3,(H2,18,19,21). The third-order valence-corrected chi connectivity index (χ3v) is 4.06. The van der Waals surface area contributed by atoms with Crippen molar-refractivity contribution in [1.29, 1.82) is 0 Å². The van der Waals surface area contributed by atoms with Crippen LogP contribution in [0.1, 0.15) is 19.3 Å². The highest BCUT2D eigenvalue weighted by atomic mass is 16.5. The number of methoxy groups -OCH3 is 2. The summed E-state index contributed by atoms with van der Waals surface area (Å²) in [5.74, 6) is 1.63. The Morgan fingerprint density at radius 3 is 2.54 bits per heavy atom. The van der Waals surface area contributed by atoms with Crippen LogP contribution in [0.15, 0.2) is 12.1 Å². The van der Waals surface area contributed by atoms with Crippen molar-refractivity contribution in [3.63, 3.8) is 0 Å². The number of carbonyl (C=O) groups is 1. The highest BCUT2D eigenvalue weighted by molar-refractivity contribution is 5.91. The number of anilines is 1. The Bertz CT molecular complexity index is 545. The highest BCUT2D eigenvalue weighted by Crippen LogP contribution is 2.39. The van der Waals surface area contributed by atoms with Gasteiger partial charge >= 0.3 is 6.03 Å². The second kappa shape index (κ2) is 9.22. The van der Waals surface area contributed by atoms with E-state index >= 15 is 0 Å². The summed E-state index contributed by atoms with van der Waals surface area (Å²) in [5, 5.41) is 5.23. The highest BCUT2D eigenvalue weighted by Gasteiger charge is 2.16. The van der Waals surface area contributed by atoms with E-state index in [2.05, 4.69) is 15.5 Å². The van der Waals surface area contributed by atoms with Crippen LogP contribution in [-0.2, 0) is 0 Å². The fourth-order valence-corrected chi connectivity index (χ4v) is 2.76. The van der Waals surface area contributed by atoms with Gasteiger partial charge in [0.1, 0.15) is 12.4 Å². The van der Waals surface area contributed by atoms with Crippen molar-refractivity contribution in [2.45, 2.75) is 19.3 Å². The summed E-state index contributed by atoms with van der Waals surface area (Å²) in [6.07, 6.45) is 3.82. The number of rotatable bonds is 7. The predicted molar refractivity (Wildman–Crippen MR) is 93.4 cm³/mol. The topological polar surface area (TPSA) is 72.1 Å². The first-order chi connectivity index (χ1) is 11.7. The van der Waals surface area contributed by atoms with Crippen LogP contribution < -0.4 is 24.8 Å². The summed E-state index contributed by atoms with van der Waals surface area (Å²) in [4.78, 5) is 14.0. The number of benzene rings is 1. The maximum absolute atomic E-state index is 11.6. The summed E-state index contributed by atoms with van der Waals surface area (Å²) in [6, 6.07) is 3.14. The molecule has 2 N–H and O–H groups in total. The lowest BCUT2D eigenvalue weighted by Gasteiger charge is -2.26. The Morgan fingerprint density at radius 1 is 1.17 bits per heavy atom. The molecule has 7 heteroatoms. The largest absolute Gasteiger partial charge is 0.497 e. The van der Waals surface area contributed by atoms with Crippen molar-refractivity contribution in [2.24, 2.45) is 0 Å². The van der Waals surface area contributed by atoms with E-state index in [1.54, 1.807) is 33.4 Å². The molecule has 134 valence electrons. The lowest BCUT2D eigenvalue weighted by molar-refractivity contribution is 0.180. The number of amides is 2. The molecule has 1 aromatic carbocycles. The van der Waals surface area contributed by atoms with Gasteiger partial charge in [-0.2, -0.15) is 0 Å². The smallest absolute Gasteiger partial charge is 0.319 e. The van der Waals surface area contributed by atoms with E-state index in [4.69, 9.17) is 14.2 Å². The van der Waals surface area contributed by atoms with E-state index in [0.717, 1.165) is 19.6 Å². The number of likely N-dealkylation sites (tertiary alicyclic amines) is 1. The Morgan fingerprint density at radius 2 is 1.92 bits per heavy atom. The van der Waals surface area contributed by atoms with Gasteiger partial charge in [0.25, 0.3) is 0 Å². The molecule has 1 saturated heterocycles. The van der Waals surface area contributed by atoms with Crippen molar-refractivity contribution in [1.82, 2.24) is 10.2 Å². The summed E-state index contributed by atoms with van der Waals surface area (Å²) in [7, 11) is 4.68. The van der Waals surface area contributed by atoms with E-state index < -0.39 is 0 Å². The van der Waals surface area contributed by atoms with Crippen LogP contribution >= 0.6 is 0 Å². The predicted octanol–water partition coefficient (Wildman–Crippen LogP) is 2.32. The zero-order chi connectivity index (χ0) is 17.4. The molecule has 1 fully saturated rings. The lowest BCUT2D eigenvalue weighted by atomic mass is 10.1.